The Balaban J connectivity index is 1.43. The number of para-hydroxylation sites is 1. The van der Waals surface area contributed by atoms with Crippen molar-refractivity contribution in [1.82, 2.24) is 20.0 Å². The predicted octanol–water partition coefficient (Wildman–Crippen LogP) is 2.33. The van der Waals surface area contributed by atoms with Crippen molar-refractivity contribution in [2.45, 2.75) is 31.8 Å². The fraction of sp³-hybridized carbons (Fsp3) is 0.474. The summed E-state index contributed by atoms with van der Waals surface area (Å²) in [6.07, 6.45) is 3.92. The first kappa shape index (κ1) is 16.0. The van der Waals surface area contributed by atoms with Crippen molar-refractivity contribution < 1.29 is 4.79 Å². The van der Waals surface area contributed by atoms with Crippen LogP contribution < -0.4 is 10.2 Å². The lowest BCUT2D eigenvalue weighted by Gasteiger charge is -2.28. The Morgan fingerprint density at radius 2 is 2.12 bits per heavy atom. The summed E-state index contributed by atoms with van der Waals surface area (Å²) >= 11 is 0. The van der Waals surface area contributed by atoms with E-state index in [0.717, 1.165) is 38.2 Å². The number of anilines is 1. The minimum atomic E-state index is -0.0890. The molecule has 2 atom stereocenters. The Morgan fingerprint density at radius 1 is 1.28 bits per heavy atom. The highest BCUT2D eigenvalue weighted by Gasteiger charge is 2.33. The molecule has 2 aliphatic heterocycles. The molecule has 1 aromatic carbocycles. The lowest BCUT2D eigenvalue weighted by molar-refractivity contribution is 0.194. The van der Waals surface area contributed by atoms with Gasteiger partial charge in [-0.15, -0.1) is 0 Å². The van der Waals surface area contributed by atoms with E-state index in [1.165, 1.54) is 11.3 Å². The smallest absolute Gasteiger partial charge is 0.317 e. The van der Waals surface area contributed by atoms with Crippen LogP contribution in [0, 0.1) is 0 Å². The zero-order valence-corrected chi connectivity index (χ0v) is 14.9. The average molecular weight is 339 g/mol. The zero-order chi connectivity index (χ0) is 17.4. The van der Waals surface area contributed by atoms with E-state index in [2.05, 4.69) is 39.6 Å². The molecular weight excluding hydrogens is 314 g/mol. The van der Waals surface area contributed by atoms with Crippen molar-refractivity contribution in [3.05, 3.63) is 47.8 Å². The number of aromatic nitrogens is 2. The van der Waals surface area contributed by atoms with Crippen LogP contribution in [0.15, 0.2) is 36.5 Å². The quantitative estimate of drug-likeness (QED) is 0.914. The molecule has 0 saturated carbocycles. The van der Waals surface area contributed by atoms with E-state index < -0.39 is 0 Å². The molecular formula is C19H25N5O. The van der Waals surface area contributed by atoms with Crippen LogP contribution in [0.4, 0.5) is 10.5 Å². The van der Waals surface area contributed by atoms with Gasteiger partial charge in [-0.25, -0.2) is 4.79 Å². The Bertz CT molecular complexity index is 771. The predicted molar refractivity (Wildman–Crippen MR) is 97.6 cm³/mol. The van der Waals surface area contributed by atoms with Crippen LogP contribution in [0.2, 0.25) is 0 Å². The highest BCUT2D eigenvalue weighted by Crippen LogP contribution is 2.33. The topological polar surface area (TPSA) is 53.4 Å². The molecule has 6 nitrogen and oxygen atoms in total. The maximum atomic E-state index is 12.8. The van der Waals surface area contributed by atoms with Gasteiger partial charge in [-0.1, -0.05) is 18.2 Å². The maximum absolute atomic E-state index is 12.8. The fourth-order valence-electron chi connectivity index (χ4n) is 3.97. The molecule has 1 saturated heterocycles. The molecule has 4 rings (SSSR count). The van der Waals surface area contributed by atoms with E-state index in [1.54, 1.807) is 4.68 Å². The number of aryl methyl sites for hydroxylation is 1. The van der Waals surface area contributed by atoms with Crippen LogP contribution >= 0.6 is 0 Å². The zero-order valence-electron chi connectivity index (χ0n) is 14.9. The molecule has 6 heteroatoms. The van der Waals surface area contributed by atoms with Crippen LogP contribution in [-0.4, -0.2) is 46.4 Å². The van der Waals surface area contributed by atoms with Gasteiger partial charge < -0.3 is 15.1 Å². The fourth-order valence-corrected chi connectivity index (χ4v) is 3.97. The van der Waals surface area contributed by atoms with Gasteiger partial charge in [0.25, 0.3) is 0 Å². The number of hydrogen-bond acceptors (Lipinski definition) is 3. The molecule has 0 aliphatic carbocycles. The second-order valence-corrected chi connectivity index (χ2v) is 7.07. The summed E-state index contributed by atoms with van der Waals surface area (Å²) in [6, 6.07) is 10.9. The largest absolute Gasteiger partial charge is 0.366 e. The minimum absolute atomic E-state index is 0.0101. The van der Waals surface area contributed by atoms with Gasteiger partial charge in [0.15, 0.2) is 0 Å². The summed E-state index contributed by atoms with van der Waals surface area (Å²) in [5, 5.41) is 7.48. The summed E-state index contributed by atoms with van der Waals surface area (Å²) in [5.41, 5.74) is 3.63. The SMILES string of the molecule is CC(NC(=O)N1CCCN2c3ccccc3CC2C1)c1ccn(C)n1. The van der Waals surface area contributed by atoms with Gasteiger partial charge in [0.1, 0.15) is 0 Å². The monoisotopic (exact) mass is 339 g/mol. The molecule has 2 amide bonds. The van der Waals surface area contributed by atoms with Crippen LogP contribution in [0.1, 0.15) is 30.6 Å². The lowest BCUT2D eigenvalue weighted by Crippen LogP contribution is -2.46. The number of hydrogen-bond donors (Lipinski definition) is 1. The standard InChI is InChI=1S/C19H25N5O/c1-14(17-8-11-22(2)21-17)20-19(25)23-9-5-10-24-16(13-23)12-15-6-3-4-7-18(15)24/h3-4,6-8,11,14,16H,5,9-10,12-13H2,1-2H3,(H,20,25). The van der Waals surface area contributed by atoms with Gasteiger partial charge in [-0.2, -0.15) is 5.10 Å². The van der Waals surface area contributed by atoms with Crippen LogP contribution in [-0.2, 0) is 13.5 Å². The number of fused-ring (bicyclic) bond motifs is 3. The number of urea groups is 1. The second kappa shape index (κ2) is 6.43. The van der Waals surface area contributed by atoms with Crippen molar-refractivity contribution in [3.8, 4) is 0 Å². The number of carbonyl (C=O) groups excluding carboxylic acids is 1. The van der Waals surface area contributed by atoms with Gasteiger partial charge in [0, 0.05) is 38.6 Å². The Labute approximate surface area is 148 Å². The summed E-state index contributed by atoms with van der Waals surface area (Å²) in [5.74, 6) is 0. The molecule has 0 bridgehead atoms. The minimum Gasteiger partial charge on any atom is -0.366 e. The summed E-state index contributed by atoms with van der Waals surface area (Å²) < 4.78 is 1.76. The molecule has 0 spiro atoms. The van der Waals surface area contributed by atoms with E-state index in [1.807, 2.05) is 31.1 Å². The number of carbonyl (C=O) groups is 1. The van der Waals surface area contributed by atoms with E-state index in [9.17, 15) is 4.79 Å². The van der Waals surface area contributed by atoms with Crippen molar-refractivity contribution >= 4 is 11.7 Å². The molecule has 0 radical (unpaired) electrons. The van der Waals surface area contributed by atoms with Gasteiger partial charge in [-0.3, -0.25) is 4.68 Å². The number of rotatable bonds is 2. The lowest BCUT2D eigenvalue weighted by atomic mass is 10.1. The van der Waals surface area contributed by atoms with Crippen LogP contribution in [0.3, 0.4) is 0 Å². The molecule has 3 heterocycles. The number of benzene rings is 1. The second-order valence-electron chi connectivity index (χ2n) is 7.07. The van der Waals surface area contributed by atoms with E-state index in [-0.39, 0.29) is 12.1 Å². The van der Waals surface area contributed by atoms with Crippen LogP contribution in [0.25, 0.3) is 0 Å². The summed E-state index contributed by atoms with van der Waals surface area (Å²) in [7, 11) is 1.89. The molecule has 25 heavy (non-hydrogen) atoms. The van der Waals surface area contributed by atoms with E-state index in [4.69, 9.17) is 0 Å². The van der Waals surface area contributed by atoms with Gasteiger partial charge >= 0.3 is 6.03 Å². The molecule has 2 aliphatic rings. The van der Waals surface area contributed by atoms with Crippen LogP contribution in [0.5, 0.6) is 0 Å². The first-order valence-corrected chi connectivity index (χ1v) is 9.01. The number of amides is 2. The van der Waals surface area contributed by atoms with Crippen molar-refractivity contribution in [3.63, 3.8) is 0 Å². The first-order valence-electron chi connectivity index (χ1n) is 9.01. The molecule has 2 aromatic rings. The third-order valence-electron chi connectivity index (χ3n) is 5.26. The van der Waals surface area contributed by atoms with Crippen molar-refractivity contribution in [2.75, 3.05) is 24.5 Å². The number of nitrogens with one attached hydrogen (secondary N) is 1. The Morgan fingerprint density at radius 3 is 2.92 bits per heavy atom. The highest BCUT2D eigenvalue weighted by molar-refractivity contribution is 5.75. The maximum Gasteiger partial charge on any atom is 0.317 e. The Kier molecular flexibility index (Phi) is 4.11. The third kappa shape index (κ3) is 3.08. The molecule has 132 valence electrons. The van der Waals surface area contributed by atoms with Crippen molar-refractivity contribution in [2.24, 2.45) is 7.05 Å². The van der Waals surface area contributed by atoms with Crippen molar-refractivity contribution in [1.29, 1.82) is 0 Å². The van der Waals surface area contributed by atoms with E-state index in [0.29, 0.717) is 6.04 Å². The summed E-state index contributed by atoms with van der Waals surface area (Å²) in [4.78, 5) is 17.2. The Hall–Kier alpha value is -2.50. The summed E-state index contributed by atoms with van der Waals surface area (Å²) in [6.45, 7) is 4.57. The molecule has 1 N–H and O–H groups in total. The molecule has 1 aromatic heterocycles. The van der Waals surface area contributed by atoms with Gasteiger partial charge in [-0.05, 0) is 37.5 Å². The normalized spacial score (nSPS) is 20.6. The number of nitrogens with zero attached hydrogens (tertiary/aromatic N) is 4. The average Bonchev–Trinajstić information content (AvgIpc) is 3.11. The van der Waals surface area contributed by atoms with E-state index >= 15 is 0 Å². The van der Waals surface area contributed by atoms with Gasteiger partial charge in [0.2, 0.25) is 0 Å². The molecule has 1 fully saturated rings. The third-order valence-corrected chi connectivity index (χ3v) is 5.26. The van der Waals surface area contributed by atoms with Gasteiger partial charge in [0.05, 0.1) is 17.8 Å². The highest BCUT2D eigenvalue weighted by atomic mass is 16.2. The molecule has 2 unspecified atom stereocenters. The first-order chi connectivity index (χ1) is 12.1.